The maximum Gasteiger partial charge on any atom is 0.317 e. The molecule has 1 fully saturated rings. The molecule has 6 nitrogen and oxygen atoms in total. The molecule has 0 aliphatic heterocycles. The first-order valence-electron chi connectivity index (χ1n) is 9.54. The highest BCUT2D eigenvalue weighted by Crippen LogP contribution is 2.31. The fourth-order valence-electron chi connectivity index (χ4n) is 3.69. The van der Waals surface area contributed by atoms with Crippen LogP contribution in [0, 0.1) is 5.92 Å². The van der Waals surface area contributed by atoms with E-state index >= 15 is 0 Å². The number of carbonyl (C=O) groups excluding carboxylic acids is 1. The van der Waals surface area contributed by atoms with Crippen molar-refractivity contribution in [1.29, 1.82) is 0 Å². The Morgan fingerprint density at radius 3 is 2.50 bits per heavy atom. The van der Waals surface area contributed by atoms with E-state index in [0.717, 1.165) is 25.7 Å². The number of carboxylic acid groups (broad SMARTS) is 1. The van der Waals surface area contributed by atoms with Crippen LogP contribution in [-0.2, 0) is 4.79 Å². The highest BCUT2D eigenvalue weighted by atomic mass is 32.1. The molecule has 1 aliphatic rings. The number of hydrogen-bond acceptors (Lipinski definition) is 4. The Labute approximate surface area is 160 Å². The Hall–Kier alpha value is -1.60. The lowest BCUT2D eigenvalue weighted by atomic mass is 9.85. The van der Waals surface area contributed by atoms with Crippen LogP contribution < -0.4 is 10.6 Å². The van der Waals surface area contributed by atoms with Gasteiger partial charge in [-0.3, -0.25) is 9.69 Å². The van der Waals surface area contributed by atoms with Gasteiger partial charge < -0.3 is 15.7 Å². The average Bonchev–Trinajstić information content (AvgIpc) is 3.10. The minimum absolute atomic E-state index is 0.0417. The van der Waals surface area contributed by atoms with E-state index in [-0.39, 0.29) is 30.7 Å². The first-order chi connectivity index (χ1) is 12.5. The molecule has 7 heteroatoms. The molecule has 0 aromatic carbocycles. The second-order valence-corrected chi connectivity index (χ2v) is 7.95. The number of likely N-dealkylation sites (N-methyl/N-ethyl adjacent to an activating group) is 1. The molecule has 2 amide bonds. The zero-order chi connectivity index (χ0) is 19.1. The number of rotatable bonds is 10. The van der Waals surface area contributed by atoms with Gasteiger partial charge in [-0.15, -0.1) is 11.3 Å². The third kappa shape index (κ3) is 5.45. The van der Waals surface area contributed by atoms with Crippen molar-refractivity contribution in [3.8, 4) is 0 Å². The molecule has 1 unspecified atom stereocenters. The van der Waals surface area contributed by atoms with Crippen molar-refractivity contribution in [3.05, 3.63) is 22.4 Å². The molecule has 0 bridgehead atoms. The largest absolute Gasteiger partial charge is 0.480 e. The molecular weight excluding hydrogens is 350 g/mol. The summed E-state index contributed by atoms with van der Waals surface area (Å²) >= 11 is 1.68. The fourth-order valence-corrected chi connectivity index (χ4v) is 4.56. The molecule has 2 rings (SSSR count). The first-order valence-corrected chi connectivity index (χ1v) is 10.4. The molecule has 0 saturated heterocycles. The predicted octanol–water partition coefficient (Wildman–Crippen LogP) is 3.46. The summed E-state index contributed by atoms with van der Waals surface area (Å²) in [7, 11) is 0. The second kappa shape index (κ2) is 9.92. The van der Waals surface area contributed by atoms with Crippen LogP contribution in [0.3, 0.4) is 0 Å². The summed E-state index contributed by atoms with van der Waals surface area (Å²) in [6.07, 6.45) is 3.66. The molecule has 1 aromatic rings. The van der Waals surface area contributed by atoms with Crippen molar-refractivity contribution in [2.45, 2.75) is 64.6 Å². The average molecular weight is 382 g/mol. The van der Waals surface area contributed by atoms with Gasteiger partial charge >= 0.3 is 12.0 Å². The SMILES string of the molecule is CCC(CC)C(NC(=O)NC1CC(N(CC)CC(=O)O)C1)c1cccs1. The summed E-state index contributed by atoms with van der Waals surface area (Å²) in [6.45, 7) is 7.07. The maximum absolute atomic E-state index is 12.5. The third-order valence-electron chi connectivity index (χ3n) is 5.37. The van der Waals surface area contributed by atoms with E-state index in [0.29, 0.717) is 12.5 Å². The van der Waals surface area contributed by atoms with Crippen molar-refractivity contribution in [2.24, 2.45) is 5.92 Å². The van der Waals surface area contributed by atoms with E-state index < -0.39 is 5.97 Å². The lowest BCUT2D eigenvalue weighted by molar-refractivity contribution is -0.139. The normalized spacial score (nSPS) is 20.7. The Balaban J connectivity index is 1.85. The van der Waals surface area contributed by atoms with Gasteiger partial charge in [0.1, 0.15) is 0 Å². The van der Waals surface area contributed by atoms with Gasteiger partial charge in [-0.1, -0.05) is 39.7 Å². The molecule has 0 radical (unpaired) electrons. The van der Waals surface area contributed by atoms with Gasteiger partial charge in [-0.2, -0.15) is 0 Å². The molecule has 0 spiro atoms. The van der Waals surface area contributed by atoms with Crippen LogP contribution in [0.5, 0.6) is 0 Å². The lowest BCUT2D eigenvalue weighted by Gasteiger charge is -2.42. The summed E-state index contributed by atoms with van der Waals surface area (Å²) in [6, 6.07) is 4.38. The second-order valence-electron chi connectivity index (χ2n) is 6.97. The Morgan fingerprint density at radius 2 is 2.00 bits per heavy atom. The van der Waals surface area contributed by atoms with Gasteiger partial charge in [0.2, 0.25) is 0 Å². The summed E-state index contributed by atoms with van der Waals surface area (Å²) in [5, 5.41) is 17.2. The van der Waals surface area contributed by atoms with Crippen molar-refractivity contribution >= 4 is 23.3 Å². The van der Waals surface area contributed by atoms with E-state index in [2.05, 4.69) is 30.5 Å². The fraction of sp³-hybridized carbons (Fsp3) is 0.684. The highest BCUT2D eigenvalue weighted by Gasteiger charge is 2.35. The number of carbonyl (C=O) groups is 2. The van der Waals surface area contributed by atoms with Gasteiger partial charge in [-0.05, 0) is 36.8 Å². The van der Waals surface area contributed by atoms with Crippen LogP contribution in [0.1, 0.15) is 57.4 Å². The van der Waals surface area contributed by atoms with Crippen molar-refractivity contribution in [2.75, 3.05) is 13.1 Å². The van der Waals surface area contributed by atoms with Gasteiger partial charge in [0.15, 0.2) is 0 Å². The Bertz CT molecular complexity index is 569. The van der Waals surface area contributed by atoms with Gasteiger partial charge in [-0.25, -0.2) is 4.79 Å². The van der Waals surface area contributed by atoms with E-state index in [1.165, 1.54) is 4.88 Å². The standard InChI is InChI=1S/C19H31N3O3S/c1-4-13(5-2)18(16-8-7-9-26-16)21-19(25)20-14-10-15(11-14)22(6-3)12-17(23)24/h7-9,13-15,18H,4-6,10-12H2,1-3H3,(H,23,24)(H2,20,21,25). The lowest BCUT2D eigenvalue weighted by Crippen LogP contribution is -2.56. The van der Waals surface area contributed by atoms with Crippen LogP contribution in [0.25, 0.3) is 0 Å². The van der Waals surface area contributed by atoms with Crippen molar-refractivity contribution in [3.63, 3.8) is 0 Å². The minimum Gasteiger partial charge on any atom is -0.480 e. The number of nitrogens with zero attached hydrogens (tertiary/aromatic N) is 1. The first kappa shape index (κ1) is 20.7. The smallest absolute Gasteiger partial charge is 0.317 e. The van der Waals surface area contributed by atoms with E-state index in [9.17, 15) is 9.59 Å². The number of thiophene rings is 1. The monoisotopic (exact) mass is 381 g/mol. The molecule has 26 heavy (non-hydrogen) atoms. The highest BCUT2D eigenvalue weighted by molar-refractivity contribution is 7.10. The van der Waals surface area contributed by atoms with E-state index in [1.807, 2.05) is 23.3 Å². The molecule has 1 atom stereocenters. The third-order valence-corrected chi connectivity index (χ3v) is 6.32. The van der Waals surface area contributed by atoms with Gasteiger partial charge in [0.25, 0.3) is 0 Å². The molecule has 1 aromatic heterocycles. The molecule has 3 N–H and O–H groups in total. The predicted molar refractivity (Wildman–Crippen MR) is 104 cm³/mol. The Kier molecular flexibility index (Phi) is 7.90. The zero-order valence-corrected chi connectivity index (χ0v) is 16.7. The summed E-state index contributed by atoms with van der Waals surface area (Å²) in [4.78, 5) is 26.5. The maximum atomic E-state index is 12.5. The van der Waals surface area contributed by atoms with Crippen LogP contribution in [0.15, 0.2) is 17.5 Å². The minimum atomic E-state index is -0.801. The van der Waals surface area contributed by atoms with E-state index in [1.54, 1.807) is 11.3 Å². The zero-order valence-electron chi connectivity index (χ0n) is 15.9. The van der Waals surface area contributed by atoms with Crippen LogP contribution in [0.4, 0.5) is 4.79 Å². The molecule has 146 valence electrons. The van der Waals surface area contributed by atoms with Gasteiger partial charge in [0.05, 0.1) is 12.6 Å². The summed E-state index contributed by atoms with van der Waals surface area (Å²) in [5.74, 6) is -0.385. The number of hydrogen-bond donors (Lipinski definition) is 3. The van der Waals surface area contributed by atoms with Crippen LogP contribution >= 0.6 is 11.3 Å². The summed E-state index contributed by atoms with van der Waals surface area (Å²) < 4.78 is 0. The quantitative estimate of drug-likeness (QED) is 0.580. The number of nitrogens with one attached hydrogen (secondary N) is 2. The number of aliphatic carboxylic acids is 1. The molecule has 1 saturated carbocycles. The molecular formula is C19H31N3O3S. The topological polar surface area (TPSA) is 81.7 Å². The number of amides is 2. The van der Waals surface area contributed by atoms with Crippen LogP contribution in [-0.4, -0.2) is 47.2 Å². The molecule has 1 aliphatic carbocycles. The van der Waals surface area contributed by atoms with Crippen LogP contribution in [0.2, 0.25) is 0 Å². The van der Waals surface area contributed by atoms with Crippen molar-refractivity contribution in [1.82, 2.24) is 15.5 Å². The van der Waals surface area contributed by atoms with Gasteiger partial charge in [0, 0.05) is 17.0 Å². The molecule has 1 heterocycles. The number of carboxylic acids is 1. The summed E-state index contributed by atoms with van der Waals surface area (Å²) in [5.41, 5.74) is 0. The Morgan fingerprint density at radius 1 is 1.31 bits per heavy atom. The number of urea groups is 1. The van der Waals surface area contributed by atoms with E-state index in [4.69, 9.17) is 5.11 Å². The van der Waals surface area contributed by atoms with Crippen molar-refractivity contribution < 1.29 is 14.7 Å².